The number of rotatable bonds is 4. The van der Waals surface area contributed by atoms with Crippen molar-refractivity contribution in [2.45, 2.75) is 19.9 Å². The van der Waals surface area contributed by atoms with E-state index in [1.807, 2.05) is 4.90 Å². The number of halogens is 2. The third-order valence-corrected chi connectivity index (χ3v) is 3.98. The molecule has 1 N–H and O–H groups in total. The molecule has 0 bridgehead atoms. The number of para-hydroxylation sites is 1. The summed E-state index contributed by atoms with van der Waals surface area (Å²) >= 11 is 0. The van der Waals surface area contributed by atoms with E-state index in [1.165, 1.54) is 6.07 Å². The zero-order valence-electron chi connectivity index (χ0n) is 13.7. The van der Waals surface area contributed by atoms with Crippen molar-refractivity contribution in [1.29, 1.82) is 0 Å². The summed E-state index contributed by atoms with van der Waals surface area (Å²) in [5.74, 6) is -2.13. The van der Waals surface area contributed by atoms with E-state index in [4.69, 9.17) is 4.74 Å². The first kappa shape index (κ1) is 18.1. The van der Waals surface area contributed by atoms with Crippen LogP contribution in [0, 0.1) is 11.6 Å². The lowest BCUT2D eigenvalue weighted by Crippen LogP contribution is -2.54. The zero-order chi connectivity index (χ0) is 17.7. The minimum atomic E-state index is -0.817. The Hall–Kier alpha value is -2.22. The van der Waals surface area contributed by atoms with E-state index < -0.39 is 29.3 Å². The van der Waals surface area contributed by atoms with Gasteiger partial charge in [0, 0.05) is 26.2 Å². The Morgan fingerprint density at radius 1 is 1.21 bits per heavy atom. The predicted octanol–water partition coefficient (Wildman–Crippen LogP) is 2.07. The van der Waals surface area contributed by atoms with Crippen molar-refractivity contribution in [2.24, 2.45) is 0 Å². The average Bonchev–Trinajstić information content (AvgIpc) is 2.58. The van der Waals surface area contributed by atoms with Gasteiger partial charge in [0.05, 0.1) is 12.6 Å². The molecule has 1 fully saturated rings. The van der Waals surface area contributed by atoms with Gasteiger partial charge in [-0.25, -0.2) is 13.6 Å². The third-order valence-electron chi connectivity index (χ3n) is 3.98. The van der Waals surface area contributed by atoms with Crippen molar-refractivity contribution >= 4 is 17.7 Å². The largest absolute Gasteiger partial charge is 0.450 e. The van der Waals surface area contributed by atoms with Gasteiger partial charge in [0.1, 0.15) is 17.3 Å². The van der Waals surface area contributed by atoms with Crippen molar-refractivity contribution in [3.05, 3.63) is 29.8 Å². The lowest BCUT2D eigenvalue weighted by atomic mass is 10.2. The highest BCUT2D eigenvalue weighted by Gasteiger charge is 2.28. The van der Waals surface area contributed by atoms with E-state index >= 15 is 0 Å². The highest BCUT2D eigenvalue weighted by atomic mass is 19.1. The quantitative estimate of drug-likeness (QED) is 0.911. The van der Waals surface area contributed by atoms with Crippen LogP contribution in [0.1, 0.15) is 13.8 Å². The number of carbonyl (C=O) groups excluding carboxylic acids is 2. The molecule has 0 saturated carbocycles. The summed E-state index contributed by atoms with van der Waals surface area (Å²) in [6.07, 6.45) is -0.373. The van der Waals surface area contributed by atoms with E-state index in [1.54, 1.807) is 18.7 Å². The van der Waals surface area contributed by atoms with Gasteiger partial charge in [0.25, 0.3) is 0 Å². The van der Waals surface area contributed by atoms with Crippen molar-refractivity contribution in [3.8, 4) is 0 Å². The molecule has 1 atom stereocenters. The lowest BCUT2D eigenvalue weighted by Gasteiger charge is -2.36. The molecule has 1 aliphatic rings. The number of benzene rings is 1. The van der Waals surface area contributed by atoms with Gasteiger partial charge in [-0.3, -0.25) is 9.69 Å². The summed E-state index contributed by atoms with van der Waals surface area (Å²) in [4.78, 5) is 27.3. The van der Waals surface area contributed by atoms with Crippen LogP contribution >= 0.6 is 0 Å². The van der Waals surface area contributed by atoms with Gasteiger partial charge in [-0.2, -0.15) is 0 Å². The maximum Gasteiger partial charge on any atom is 0.409 e. The van der Waals surface area contributed by atoms with Crippen LogP contribution in [-0.2, 0) is 9.53 Å². The predicted molar refractivity (Wildman–Crippen MR) is 84.6 cm³/mol. The summed E-state index contributed by atoms with van der Waals surface area (Å²) in [6, 6.07) is 2.83. The fourth-order valence-corrected chi connectivity index (χ4v) is 2.52. The Morgan fingerprint density at radius 2 is 1.79 bits per heavy atom. The number of amides is 2. The summed E-state index contributed by atoms with van der Waals surface area (Å²) in [7, 11) is 0. The fraction of sp³-hybridized carbons (Fsp3) is 0.500. The Bertz CT molecular complexity index is 584. The minimum absolute atomic E-state index is 0.312. The van der Waals surface area contributed by atoms with Gasteiger partial charge in [0.2, 0.25) is 5.91 Å². The Morgan fingerprint density at radius 3 is 2.33 bits per heavy atom. The van der Waals surface area contributed by atoms with Crippen LogP contribution < -0.4 is 5.32 Å². The Labute approximate surface area is 139 Å². The number of nitrogens with one attached hydrogen (secondary N) is 1. The number of ether oxygens (including phenoxy) is 1. The van der Waals surface area contributed by atoms with Crippen LogP contribution in [0.25, 0.3) is 0 Å². The van der Waals surface area contributed by atoms with Gasteiger partial charge in [-0.1, -0.05) is 6.07 Å². The second-order valence-corrected chi connectivity index (χ2v) is 5.48. The molecule has 1 aliphatic heterocycles. The molecule has 0 radical (unpaired) electrons. The molecule has 0 unspecified atom stereocenters. The normalized spacial score (nSPS) is 16.6. The molecule has 0 aromatic heterocycles. The molecular formula is C16H21F2N3O3. The molecule has 6 nitrogen and oxygen atoms in total. The fourth-order valence-electron chi connectivity index (χ4n) is 2.52. The van der Waals surface area contributed by atoms with E-state index in [0.717, 1.165) is 12.1 Å². The van der Waals surface area contributed by atoms with Crippen molar-refractivity contribution < 1.29 is 23.1 Å². The maximum atomic E-state index is 13.6. The van der Waals surface area contributed by atoms with E-state index in [2.05, 4.69) is 5.32 Å². The van der Waals surface area contributed by atoms with Crippen LogP contribution in [0.4, 0.5) is 19.3 Å². The highest BCUT2D eigenvalue weighted by molar-refractivity contribution is 5.94. The van der Waals surface area contributed by atoms with Crippen LogP contribution in [0.15, 0.2) is 18.2 Å². The van der Waals surface area contributed by atoms with Gasteiger partial charge >= 0.3 is 6.09 Å². The number of hydrogen-bond donors (Lipinski definition) is 1. The van der Waals surface area contributed by atoms with Gasteiger partial charge < -0.3 is 15.0 Å². The first-order valence-corrected chi connectivity index (χ1v) is 7.84. The van der Waals surface area contributed by atoms with Crippen LogP contribution in [0.2, 0.25) is 0 Å². The van der Waals surface area contributed by atoms with Gasteiger partial charge in [-0.05, 0) is 26.0 Å². The second kappa shape index (κ2) is 8.05. The van der Waals surface area contributed by atoms with Crippen LogP contribution in [-0.4, -0.2) is 60.6 Å². The molecule has 0 aliphatic carbocycles. The van der Waals surface area contributed by atoms with Crippen LogP contribution in [0.5, 0.6) is 0 Å². The smallest absolute Gasteiger partial charge is 0.409 e. The van der Waals surface area contributed by atoms with Crippen molar-refractivity contribution in [2.75, 3.05) is 38.1 Å². The maximum absolute atomic E-state index is 13.6. The summed E-state index contributed by atoms with van der Waals surface area (Å²) < 4.78 is 32.1. The molecule has 2 rings (SSSR count). The standard InChI is InChI=1S/C16H21F2N3O3/c1-3-24-16(23)21-9-7-20(8-10-21)11(2)15(22)19-14-12(17)5-4-6-13(14)18/h4-6,11H,3,7-10H2,1-2H3,(H,19,22)/t11-/m0/s1. The van der Waals surface area contributed by atoms with Crippen molar-refractivity contribution in [1.82, 2.24) is 9.80 Å². The molecular weight excluding hydrogens is 320 g/mol. The Balaban J connectivity index is 1.92. The van der Waals surface area contributed by atoms with Gasteiger partial charge in [-0.15, -0.1) is 0 Å². The van der Waals surface area contributed by atoms with E-state index in [9.17, 15) is 18.4 Å². The first-order chi connectivity index (χ1) is 11.4. The van der Waals surface area contributed by atoms with Crippen LogP contribution in [0.3, 0.4) is 0 Å². The third kappa shape index (κ3) is 4.19. The molecule has 132 valence electrons. The molecule has 1 heterocycles. The summed E-state index contributed by atoms with van der Waals surface area (Å²) in [5, 5.41) is 2.29. The monoisotopic (exact) mass is 341 g/mol. The molecule has 0 spiro atoms. The first-order valence-electron chi connectivity index (χ1n) is 7.84. The van der Waals surface area contributed by atoms with E-state index in [-0.39, 0.29) is 6.09 Å². The molecule has 2 amide bonds. The molecule has 1 saturated heterocycles. The minimum Gasteiger partial charge on any atom is -0.450 e. The van der Waals surface area contributed by atoms with Crippen molar-refractivity contribution in [3.63, 3.8) is 0 Å². The number of piperazine rings is 1. The number of anilines is 1. The molecule has 8 heteroatoms. The SMILES string of the molecule is CCOC(=O)N1CCN([C@@H](C)C(=O)Nc2c(F)cccc2F)CC1. The average molecular weight is 341 g/mol. The number of nitrogens with zero attached hydrogens (tertiary/aromatic N) is 2. The molecule has 1 aromatic carbocycles. The number of carbonyl (C=O) groups is 2. The zero-order valence-corrected chi connectivity index (χ0v) is 13.7. The highest BCUT2D eigenvalue weighted by Crippen LogP contribution is 2.19. The van der Waals surface area contributed by atoms with E-state index in [0.29, 0.717) is 32.8 Å². The molecule has 1 aromatic rings. The summed E-state index contributed by atoms with van der Waals surface area (Å²) in [6.45, 7) is 5.54. The van der Waals surface area contributed by atoms with Gasteiger partial charge in [0.15, 0.2) is 0 Å². The Kier molecular flexibility index (Phi) is 6.08. The molecule has 24 heavy (non-hydrogen) atoms. The lowest BCUT2D eigenvalue weighted by molar-refractivity contribution is -0.121. The number of hydrogen-bond acceptors (Lipinski definition) is 4. The topological polar surface area (TPSA) is 61.9 Å². The summed E-state index contributed by atoms with van der Waals surface area (Å²) in [5.41, 5.74) is -0.445. The second-order valence-electron chi connectivity index (χ2n) is 5.48.